The number of benzene rings is 2. The van der Waals surface area contributed by atoms with Gasteiger partial charge in [0.05, 0.1) is 5.56 Å². The highest BCUT2D eigenvalue weighted by Crippen LogP contribution is 2.19. The zero-order chi connectivity index (χ0) is 16.1. The van der Waals surface area contributed by atoms with Crippen molar-refractivity contribution in [3.8, 4) is 0 Å². The van der Waals surface area contributed by atoms with Crippen molar-refractivity contribution in [2.75, 3.05) is 10.6 Å². The summed E-state index contributed by atoms with van der Waals surface area (Å²) in [6.45, 7) is 4.16. The number of carboxylic acids is 1. The summed E-state index contributed by atoms with van der Waals surface area (Å²) < 4.78 is 0. The smallest absolute Gasteiger partial charge is 0.335 e. The van der Waals surface area contributed by atoms with Gasteiger partial charge in [0.2, 0.25) is 0 Å². The molecule has 0 aliphatic heterocycles. The van der Waals surface area contributed by atoms with Crippen molar-refractivity contribution in [3.05, 3.63) is 59.7 Å². The van der Waals surface area contributed by atoms with E-state index < -0.39 is 12.0 Å². The van der Waals surface area contributed by atoms with E-state index in [1.807, 2.05) is 18.2 Å². The van der Waals surface area contributed by atoms with E-state index in [-0.39, 0.29) is 5.56 Å². The van der Waals surface area contributed by atoms with Crippen molar-refractivity contribution in [1.29, 1.82) is 0 Å². The molecule has 0 aliphatic rings. The summed E-state index contributed by atoms with van der Waals surface area (Å²) in [7, 11) is 0. The molecule has 0 aromatic heterocycles. The summed E-state index contributed by atoms with van der Waals surface area (Å²) in [6.07, 6.45) is 0. The van der Waals surface area contributed by atoms with Gasteiger partial charge in [-0.2, -0.15) is 0 Å². The lowest BCUT2D eigenvalue weighted by Gasteiger charge is -2.11. The Balaban J connectivity index is 2.05. The molecule has 2 rings (SSSR count). The van der Waals surface area contributed by atoms with Crippen LogP contribution in [0.3, 0.4) is 0 Å². The fourth-order valence-corrected chi connectivity index (χ4v) is 2.00. The van der Waals surface area contributed by atoms with E-state index in [9.17, 15) is 9.59 Å². The summed E-state index contributed by atoms with van der Waals surface area (Å²) in [6, 6.07) is 13.3. The first-order valence-electron chi connectivity index (χ1n) is 6.97. The van der Waals surface area contributed by atoms with Crippen molar-refractivity contribution in [1.82, 2.24) is 0 Å². The molecule has 0 unspecified atom stereocenters. The van der Waals surface area contributed by atoms with Gasteiger partial charge in [0, 0.05) is 11.4 Å². The van der Waals surface area contributed by atoms with Gasteiger partial charge in [0.25, 0.3) is 0 Å². The van der Waals surface area contributed by atoms with Gasteiger partial charge in [0.15, 0.2) is 0 Å². The number of carbonyl (C=O) groups excluding carboxylic acids is 1. The molecule has 114 valence electrons. The topological polar surface area (TPSA) is 78.4 Å². The van der Waals surface area contributed by atoms with Crippen molar-refractivity contribution in [3.63, 3.8) is 0 Å². The maximum absolute atomic E-state index is 12.0. The van der Waals surface area contributed by atoms with E-state index in [0.717, 1.165) is 5.56 Å². The molecule has 0 bridgehead atoms. The summed E-state index contributed by atoms with van der Waals surface area (Å²) in [5.74, 6) is -0.661. The highest BCUT2D eigenvalue weighted by Gasteiger charge is 2.07. The lowest BCUT2D eigenvalue weighted by molar-refractivity contribution is 0.0697. The summed E-state index contributed by atoms with van der Waals surface area (Å²) in [5.41, 5.74) is 2.38. The molecule has 0 spiro atoms. The Morgan fingerprint density at radius 1 is 0.955 bits per heavy atom. The number of aromatic carboxylic acids is 1. The Labute approximate surface area is 129 Å². The number of amides is 2. The van der Waals surface area contributed by atoms with Crippen LogP contribution in [-0.2, 0) is 0 Å². The highest BCUT2D eigenvalue weighted by atomic mass is 16.4. The summed E-state index contributed by atoms with van der Waals surface area (Å²) in [5, 5.41) is 14.3. The van der Waals surface area contributed by atoms with E-state index >= 15 is 0 Å². The minimum atomic E-state index is -1.03. The van der Waals surface area contributed by atoms with Gasteiger partial charge in [0.1, 0.15) is 0 Å². The van der Waals surface area contributed by atoms with Crippen LogP contribution in [0.4, 0.5) is 16.2 Å². The normalized spacial score (nSPS) is 10.3. The first kappa shape index (κ1) is 15.6. The van der Waals surface area contributed by atoms with Gasteiger partial charge in [-0.1, -0.05) is 32.0 Å². The highest BCUT2D eigenvalue weighted by molar-refractivity contribution is 6.00. The van der Waals surface area contributed by atoms with Crippen molar-refractivity contribution < 1.29 is 14.7 Å². The molecule has 5 heteroatoms. The van der Waals surface area contributed by atoms with Gasteiger partial charge in [-0.05, 0) is 41.8 Å². The standard InChI is InChI=1S/C17H18N2O3/c1-11(2)12-5-3-7-14(9-12)18-17(22)19-15-8-4-6-13(10-15)16(20)21/h3-11H,1-2H3,(H,20,21)(H2,18,19,22). The quantitative estimate of drug-likeness (QED) is 0.793. The molecule has 2 aromatic rings. The number of anilines is 2. The molecule has 0 radical (unpaired) electrons. The van der Waals surface area contributed by atoms with E-state index in [1.165, 1.54) is 12.1 Å². The maximum atomic E-state index is 12.0. The Hall–Kier alpha value is -2.82. The average molecular weight is 298 g/mol. The molecule has 0 heterocycles. The van der Waals surface area contributed by atoms with Gasteiger partial charge < -0.3 is 15.7 Å². The number of hydrogen-bond donors (Lipinski definition) is 3. The Bertz CT molecular complexity index is 696. The minimum Gasteiger partial charge on any atom is -0.478 e. The van der Waals surface area contributed by atoms with E-state index in [4.69, 9.17) is 5.11 Å². The predicted octanol–water partition coefficient (Wildman–Crippen LogP) is 4.15. The van der Waals surface area contributed by atoms with Gasteiger partial charge in [-0.25, -0.2) is 9.59 Å². The zero-order valence-corrected chi connectivity index (χ0v) is 12.5. The fourth-order valence-electron chi connectivity index (χ4n) is 2.00. The number of carboxylic acid groups (broad SMARTS) is 1. The van der Waals surface area contributed by atoms with Gasteiger partial charge in [-0.15, -0.1) is 0 Å². The number of carbonyl (C=O) groups is 2. The first-order valence-corrected chi connectivity index (χ1v) is 6.97. The van der Waals surface area contributed by atoms with Crippen molar-refractivity contribution in [2.24, 2.45) is 0 Å². The van der Waals surface area contributed by atoms with Crippen LogP contribution in [0.2, 0.25) is 0 Å². The minimum absolute atomic E-state index is 0.125. The SMILES string of the molecule is CC(C)c1cccc(NC(=O)Nc2cccc(C(=O)O)c2)c1. The second-order valence-corrected chi connectivity index (χ2v) is 5.25. The second kappa shape index (κ2) is 6.76. The number of hydrogen-bond acceptors (Lipinski definition) is 2. The monoisotopic (exact) mass is 298 g/mol. The Morgan fingerprint density at radius 2 is 1.55 bits per heavy atom. The summed E-state index contributed by atoms with van der Waals surface area (Å²) in [4.78, 5) is 22.9. The zero-order valence-electron chi connectivity index (χ0n) is 12.5. The molecular weight excluding hydrogens is 280 g/mol. The van der Waals surface area contributed by atoms with Crippen LogP contribution in [0.5, 0.6) is 0 Å². The Morgan fingerprint density at radius 3 is 2.14 bits per heavy atom. The van der Waals surface area contributed by atoms with Crippen LogP contribution in [0.25, 0.3) is 0 Å². The second-order valence-electron chi connectivity index (χ2n) is 5.25. The number of rotatable bonds is 4. The molecule has 0 fully saturated rings. The van der Waals surface area contributed by atoms with Crippen LogP contribution in [0.15, 0.2) is 48.5 Å². The van der Waals surface area contributed by atoms with Crippen LogP contribution in [0, 0.1) is 0 Å². The van der Waals surface area contributed by atoms with E-state index in [0.29, 0.717) is 17.3 Å². The molecule has 2 aromatic carbocycles. The van der Waals surface area contributed by atoms with Crippen LogP contribution < -0.4 is 10.6 Å². The third-order valence-corrected chi connectivity index (χ3v) is 3.18. The van der Waals surface area contributed by atoms with Crippen LogP contribution >= 0.6 is 0 Å². The first-order chi connectivity index (χ1) is 10.5. The Kier molecular flexibility index (Phi) is 4.78. The largest absolute Gasteiger partial charge is 0.478 e. The number of nitrogens with one attached hydrogen (secondary N) is 2. The maximum Gasteiger partial charge on any atom is 0.335 e. The van der Waals surface area contributed by atoms with E-state index in [1.54, 1.807) is 18.2 Å². The lowest BCUT2D eigenvalue weighted by atomic mass is 10.0. The van der Waals surface area contributed by atoms with Gasteiger partial charge >= 0.3 is 12.0 Å². The molecule has 5 nitrogen and oxygen atoms in total. The molecule has 0 saturated carbocycles. The fraction of sp³-hybridized carbons (Fsp3) is 0.176. The van der Waals surface area contributed by atoms with Crippen molar-refractivity contribution in [2.45, 2.75) is 19.8 Å². The lowest BCUT2D eigenvalue weighted by Crippen LogP contribution is -2.19. The van der Waals surface area contributed by atoms with Crippen molar-refractivity contribution >= 4 is 23.4 Å². The van der Waals surface area contributed by atoms with Crippen LogP contribution in [0.1, 0.15) is 35.7 Å². The van der Waals surface area contributed by atoms with Crippen LogP contribution in [-0.4, -0.2) is 17.1 Å². The molecule has 0 aliphatic carbocycles. The third-order valence-electron chi connectivity index (χ3n) is 3.18. The summed E-state index contributed by atoms with van der Waals surface area (Å²) >= 11 is 0. The number of urea groups is 1. The molecule has 3 N–H and O–H groups in total. The molecule has 2 amide bonds. The average Bonchev–Trinajstić information content (AvgIpc) is 2.47. The molecular formula is C17H18N2O3. The van der Waals surface area contributed by atoms with Gasteiger partial charge in [-0.3, -0.25) is 0 Å². The third kappa shape index (κ3) is 4.09. The molecule has 22 heavy (non-hydrogen) atoms. The predicted molar refractivity (Wildman–Crippen MR) is 86.6 cm³/mol. The van der Waals surface area contributed by atoms with E-state index in [2.05, 4.69) is 24.5 Å². The molecule has 0 saturated heterocycles. The molecule has 0 atom stereocenters.